The average Bonchev–Trinajstić information content (AvgIpc) is 2.91. The maximum absolute atomic E-state index is 12.2. The minimum atomic E-state index is -0.0126. The number of nitrogens with zero attached hydrogens (tertiary/aromatic N) is 1. The Morgan fingerprint density at radius 3 is 2.62 bits per heavy atom. The number of nitrogens with one attached hydrogen (secondary N) is 2. The number of methoxy groups -OCH3 is 1. The van der Waals surface area contributed by atoms with Crippen LogP contribution in [0.1, 0.15) is 31.7 Å². The van der Waals surface area contributed by atoms with Crippen LogP contribution >= 0.6 is 0 Å². The van der Waals surface area contributed by atoms with Crippen LogP contribution in [0.5, 0.6) is 5.75 Å². The molecule has 2 rings (SSSR count). The van der Waals surface area contributed by atoms with Crippen LogP contribution < -0.4 is 15.4 Å². The third-order valence-electron chi connectivity index (χ3n) is 4.66. The fourth-order valence-electron chi connectivity index (χ4n) is 3.17. The number of hydrogen-bond donors (Lipinski definition) is 2. The molecule has 132 valence electrons. The molecule has 1 aromatic rings. The highest BCUT2D eigenvalue weighted by molar-refractivity contribution is 5.76. The van der Waals surface area contributed by atoms with Gasteiger partial charge in [0.25, 0.3) is 0 Å². The molecule has 24 heavy (non-hydrogen) atoms. The van der Waals surface area contributed by atoms with E-state index in [1.807, 2.05) is 31.3 Å². The molecule has 2 N–H and O–H groups in total. The number of para-hydroxylation sites is 1. The van der Waals surface area contributed by atoms with E-state index in [0.717, 1.165) is 24.2 Å². The highest BCUT2D eigenvalue weighted by Crippen LogP contribution is 2.24. The molecule has 0 radical (unpaired) electrons. The van der Waals surface area contributed by atoms with E-state index in [-0.39, 0.29) is 17.9 Å². The van der Waals surface area contributed by atoms with Gasteiger partial charge in [0, 0.05) is 44.1 Å². The standard InChI is InChI=1S/C18H27N3O3/c1-13(22)19-12-16-9-8-15(21(16)2)10-18(23)20-11-14-6-4-5-7-17(14)24-3/h4-7,15-16H,8-12H2,1-3H3,(H,19,22)(H,20,23)/t15-,16+/m0/s1. The van der Waals surface area contributed by atoms with Crippen LogP contribution in [0.15, 0.2) is 24.3 Å². The van der Waals surface area contributed by atoms with Gasteiger partial charge in [-0.05, 0) is 26.0 Å². The second kappa shape index (κ2) is 8.68. The second-order valence-electron chi connectivity index (χ2n) is 6.28. The van der Waals surface area contributed by atoms with E-state index >= 15 is 0 Å². The Labute approximate surface area is 143 Å². The van der Waals surface area contributed by atoms with Crippen molar-refractivity contribution >= 4 is 11.8 Å². The summed E-state index contributed by atoms with van der Waals surface area (Å²) in [5, 5.41) is 5.83. The fraction of sp³-hybridized carbons (Fsp3) is 0.556. The largest absolute Gasteiger partial charge is 0.496 e. The molecule has 1 aromatic carbocycles. The number of amides is 2. The van der Waals surface area contributed by atoms with Crippen molar-refractivity contribution in [3.8, 4) is 5.75 Å². The van der Waals surface area contributed by atoms with Gasteiger partial charge in [-0.25, -0.2) is 0 Å². The van der Waals surface area contributed by atoms with Crippen LogP contribution in [0.3, 0.4) is 0 Å². The van der Waals surface area contributed by atoms with Gasteiger partial charge in [-0.15, -0.1) is 0 Å². The van der Waals surface area contributed by atoms with Gasteiger partial charge in [-0.1, -0.05) is 18.2 Å². The number of carbonyl (C=O) groups excluding carboxylic acids is 2. The molecule has 0 saturated carbocycles. The number of likely N-dealkylation sites (N-methyl/N-ethyl adjacent to an activating group) is 1. The van der Waals surface area contributed by atoms with Crippen LogP contribution in [-0.4, -0.2) is 49.5 Å². The van der Waals surface area contributed by atoms with Crippen LogP contribution in [0.4, 0.5) is 0 Å². The number of likely N-dealkylation sites (tertiary alicyclic amines) is 1. The van der Waals surface area contributed by atoms with E-state index in [1.165, 1.54) is 6.92 Å². The highest BCUT2D eigenvalue weighted by atomic mass is 16.5. The topological polar surface area (TPSA) is 70.7 Å². The molecule has 0 unspecified atom stereocenters. The van der Waals surface area contributed by atoms with Crippen molar-refractivity contribution in [1.82, 2.24) is 15.5 Å². The molecule has 0 spiro atoms. The summed E-state index contributed by atoms with van der Waals surface area (Å²) in [6.45, 7) is 2.64. The first-order valence-electron chi connectivity index (χ1n) is 8.36. The molecule has 2 amide bonds. The Kier molecular flexibility index (Phi) is 6.61. The maximum atomic E-state index is 12.2. The molecular formula is C18H27N3O3. The van der Waals surface area contributed by atoms with Gasteiger partial charge in [0.15, 0.2) is 0 Å². The third-order valence-corrected chi connectivity index (χ3v) is 4.66. The van der Waals surface area contributed by atoms with E-state index in [4.69, 9.17) is 4.74 Å². The molecule has 0 aliphatic carbocycles. The third kappa shape index (κ3) is 4.96. The predicted octanol–water partition coefficient (Wildman–Crippen LogP) is 1.30. The van der Waals surface area contributed by atoms with E-state index in [9.17, 15) is 9.59 Å². The summed E-state index contributed by atoms with van der Waals surface area (Å²) in [4.78, 5) is 25.5. The van der Waals surface area contributed by atoms with Gasteiger partial charge >= 0.3 is 0 Å². The minimum absolute atomic E-state index is 0.0126. The first kappa shape index (κ1) is 18.3. The SMILES string of the molecule is COc1ccccc1CNC(=O)C[C@@H]1CC[C@H](CNC(C)=O)N1C. The molecule has 1 heterocycles. The maximum Gasteiger partial charge on any atom is 0.221 e. The first-order valence-corrected chi connectivity index (χ1v) is 8.36. The van der Waals surface area contributed by atoms with E-state index in [2.05, 4.69) is 15.5 Å². The Hall–Kier alpha value is -2.08. The molecule has 2 atom stereocenters. The van der Waals surface area contributed by atoms with E-state index in [1.54, 1.807) is 7.11 Å². The summed E-state index contributed by atoms with van der Waals surface area (Å²) in [6, 6.07) is 8.21. The summed E-state index contributed by atoms with van der Waals surface area (Å²) in [7, 11) is 3.65. The Balaban J connectivity index is 1.79. The van der Waals surface area contributed by atoms with Crippen LogP contribution in [0.2, 0.25) is 0 Å². The molecule has 1 aliphatic heterocycles. The molecule has 0 bridgehead atoms. The van der Waals surface area contributed by atoms with Gasteiger partial charge < -0.3 is 15.4 Å². The molecular weight excluding hydrogens is 306 g/mol. The van der Waals surface area contributed by atoms with Crippen molar-refractivity contribution in [3.63, 3.8) is 0 Å². The highest BCUT2D eigenvalue weighted by Gasteiger charge is 2.31. The number of rotatable bonds is 7. The average molecular weight is 333 g/mol. The van der Waals surface area contributed by atoms with Crippen molar-refractivity contribution < 1.29 is 14.3 Å². The number of benzene rings is 1. The molecule has 6 nitrogen and oxygen atoms in total. The monoisotopic (exact) mass is 333 g/mol. The first-order chi connectivity index (χ1) is 11.5. The molecule has 1 saturated heterocycles. The second-order valence-corrected chi connectivity index (χ2v) is 6.28. The Morgan fingerprint density at radius 1 is 1.21 bits per heavy atom. The van der Waals surface area contributed by atoms with Crippen molar-refractivity contribution in [1.29, 1.82) is 0 Å². The summed E-state index contributed by atoms with van der Waals surface area (Å²) in [5.41, 5.74) is 0.969. The lowest BCUT2D eigenvalue weighted by Gasteiger charge is -2.25. The van der Waals surface area contributed by atoms with Crippen molar-refractivity contribution in [3.05, 3.63) is 29.8 Å². The van der Waals surface area contributed by atoms with Gasteiger partial charge in [-0.2, -0.15) is 0 Å². The zero-order valence-corrected chi connectivity index (χ0v) is 14.7. The van der Waals surface area contributed by atoms with Crippen molar-refractivity contribution in [2.45, 2.75) is 44.8 Å². The predicted molar refractivity (Wildman–Crippen MR) is 92.7 cm³/mol. The lowest BCUT2D eigenvalue weighted by molar-refractivity contribution is -0.122. The van der Waals surface area contributed by atoms with Gasteiger partial charge in [0.05, 0.1) is 7.11 Å². The zero-order valence-electron chi connectivity index (χ0n) is 14.7. The molecule has 1 aliphatic rings. The van der Waals surface area contributed by atoms with Crippen LogP contribution in [-0.2, 0) is 16.1 Å². The minimum Gasteiger partial charge on any atom is -0.496 e. The van der Waals surface area contributed by atoms with Gasteiger partial charge in [0.2, 0.25) is 11.8 Å². The Morgan fingerprint density at radius 2 is 1.92 bits per heavy atom. The normalized spacial score (nSPS) is 20.6. The summed E-state index contributed by atoms with van der Waals surface area (Å²) >= 11 is 0. The summed E-state index contributed by atoms with van der Waals surface area (Å²) in [5.74, 6) is 0.811. The molecule has 1 fully saturated rings. The molecule has 0 aromatic heterocycles. The van der Waals surface area contributed by atoms with Crippen molar-refractivity contribution in [2.24, 2.45) is 0 Å². The van der Waals surface area contributed by atoms with Gasteiger partial charge in [0.1, 0.15) is 5.75 Å². The quantitative estimate of drug-likeness (QED) is 0.789. The lowest BCUT2D eigenvalue weighted by Crippen LogP contribution is -2.41. The van der Waals surface area contributed by atoms with Crippen LogP contribution in [0.25, 0.3) is 0 Å². The number of ether oxygens (including phenoxy) is 1. The number of carbonyl (C=O) groups is 2. The van der Waals surface area contributed by atoms with Crippen molar-refractivity contribution in [2.75, 3.05) is 20.7 Å². The Bertz CT molecular complexity index is 576. The fourth-order valence-corrected chi connectivity index (χ4v) is 3.17. The summed E-state index contributed by atoms with van der Waals surface area (Å²) in [6.07, 6.45) is 2.45. The summed E-state index contributed by atoms with van der Waals surface area (Å²) < 4.78 is 5.29. The van der Waals surface area contributed by atoms with Crippen LogP contribution in [0, 0.1) is 0 Å². The van der Waals surface area contributed by atoms with E-state index < -0.39 is 0 Å². The zero-order chi connectivity index (χ0) is 17.5. The smallest absolute Gasteiger partial charge is 0.221 e. The lowest BCUT2D eigenvalue weighted by atomic mass is 10.1. The molecule has 6 heteroatoms. The van der Waals surface area contributed by atoms with E-state index in [0.29, 0.717) is 25.6 Å². The van der Waals surface area contributed by atoms with Gasteiger partial charge in [-0.3, -0.25) is 14.5 Å². The number of hydrogen-bond acceptors (Lipinski definition) is 4.